The molecule has 0 spiro atoms. The van der Waals surface area contributed by atoms with Gasteiger partial charge in [-0.15, -0.1) is 0 Å². The number of hydrogen-bond acceptors (Lipinski definition) is 5. The fourth-order valence-corrected chi connectivity index (χ4v) is 3.81. The SMILES string of the molecule is CCOC(=O)N1CCN(C(=O)Cn2ncc3c4ccccc4n(C)c3c2=O)CC1. The molecule has 2 amide bonds. The lowest BCUT2D eigenvalue weighted by atomic mass is 10.2. The van der Waals surface area contributed by atoms with Gasteiger partial charge in [-0.3, -0.25) is 9.59 Å². The fourth-order valence-electron chi connectivity index (χ4n) is 3.81. The third kappa shape index (κ3) is 3.32. The van der Waals surface area contributed by atoms with Gasteiger partial charge in [0, 0.05) is 49.5 Å². The highest BCUT2D eigenvalue weighted by Crippen LogP contribution is 2.24. The topological polar surface area (TPSA) is 89.7 Å². The van der Waals surface area contributed by atoms with Gasteiger partial charge in [0.15, 0.2) is 0 Å². The lowest BCUT2D eigenvalue weighted by Crippen LogP contribution is -2.51. The molecule has 0 aliphatic carbocycles. The van der Waals surface area contributed by atoms with Gasteiger partial charge in [0.1, 0.15) is 12.1 Å². The molecule has 0 unspecified atom stereocenters. The molecule has 0 saturated carbocycles. The van der Waals surface area contributed by atoms with Crippen LogP contribution in [0.5, 0.6) is 0 Å². The number of ether oxygens (including phenoxy) is 1. The quantitative estimate of drug-likeness (QED) is 0.662. The number of para-hydroxylation sites is 1. The fraction of sp³-hybridized carbons (Fsp3) is 0.400. The monoisotopic (exact) mass is 397 g/mol. The second kappa shape index (κ2) is 7.57. The van der Waals surface area contributed by atoms with E-state index >= 15 is 0 Å². The maximum Gasteiger partial charge on any atom is 0.409 e. The molecule has 4 rings (SSSR count). The van der Waals surface area contributed by atoms with Crippen LogP contribution in [0.2, 0.25) is 0 Å². The van der Waals surface area contributed by atoms with Crippen molar-refractivity contribution >= 4 is 33.8 Å². The third-order valence-corrected chi connectivity index (χ3v) is 5.35. The first-order valence-corrected chi connectivity index (χ1v) is 9.64. The van der Waals surface area contributed by atoms with Crippen LogP contribution in [0.1, 0.15) is 6.92 Å². The molecule has 29 heavy (non-hydrogen) atoms. The summed E-state index contributed by atoms with van der Waals surface area (Å²) >= 11 is 0. The highest BCUT2D eigenvalue weighted by atomic mass is 16.6. The minimum absolute atomic E-state index is 0.129. The molecule has 1 aliphatic rings. The van der Waals surface area contributed by atoms with Crippen LogP contribution in [0.4, 0.5) is 4.79 Å². The molecule has 1 saturated heterocycles. The summed E-state index contributed by atoms with van der Waals surface area (Å²) in [6, 6.07) is 7.75. The molecular formula is C20H23N5O4. The summed E-state index contributed by atoms with van der Waals surface area (Å²) in [5, 5.41) is 5.97. The Morgan fingerprint density at radius 1 is 1.07 bits per heavy atom. The molecular weight excluding hydrogens is 374 g/mol. The number of aryl methyl sites for hydroxylation is 1. The largest absolute Gasteiger partial charge is 0.450 e. The normalized spacial score (nSPS) is 14.6. The number of benzene rings is 1. The summed E-state index contributed by atoms with van der Waals surface area (Å²) in [6.07, 6.45) is 1.28. The Morgan fingerprint density at radius 2 is 1.76 bits per heavy atom. The van der Waals surface area contributed by atoms with Gasteiger partial charge in [0.25, 0.3) is 5.56 Å². The van der Waals surface area contributed by atoms with Crippen LogP contribution in [0, 0.1) is 0 Å². The van der Waals surface area contributed by atoms with E-state index in [1.165, 1.54) is 4.68 Å². The summed E-state index contributed by atoms with van der Waals surface area (Å²) in [5.41, 5.74) is 1.18. The zero-order valence-electron chi connectivity index (χ0n) is 16.5. The van der Waals surface area contributed by atoms with Crippen molar-refractivity contribution in [2.45, 2.75) is 13.5 Å². The molecule has 3 aromatic rings. The smallest absolute Gasteiger partial charge is 0.409 e. The van der Waals surface area contributed by atoms with Gasteiger partial charge in [-0.25, -0.2) is 9.48 Å². The average Bonchev–Trinajstić information content (AvgIpc) is 3.03. The van der Waals surface area contributed by atoms with E-state index in [1.807, 2.05) is 35.9 Å². The highest BCUT2D eigenvalue weighted by Gasteiger charge is 2.25. The Bertz CT molecular complexity index is 1140. The Morgan fingerprint density at radius 3 is 2.48 bits per heavy atom. The van der Waals surface area contributed by atoms with Gasteiger partial charge >= 0.3 is 6.09 Å². The molecule has 152 valence electrons. The van der Waals surface area contributed by atoms with Crippen LogP contribution in [-0.4, -0.2) is 68.9 Å². The van der Waals surface area contributed by atoms with Crippen LogP contribution >= 0.6 is 0 Å². The van der Waals surface area contributed by atoms with Gasteiger partial charge in [0.05, 0.1) is 12.8 Å². The molecule has 9 nitrogen and oxygen atoms in total. The maximum atomic E-state index is 13.0. The van der Waals surface area contributed by atoms with Crippen molar-refractivity contribution in [2.24, 2.45) is 7.05 Å². The lowest BCUT2D eigenvalue weighted by Gasteiger charge is -2.34. The molecule has 0 N–H and O–H groups in total. The molecule has 3 heterocycles. The van der Waals surface area contributed by atoms with E-state index in [1.54, 1.807) is 22.9 Å². The number of aromatic nitrogens is 3. The first-order valence-electron chi connectivity index (χ1n) is 9.64. The minimum atomic E-state index is -0.362. The number of piperazine rings is 1. The predicted molar refractivity (Wildman–Crippen MR) is 108 cm³/mol. The Balaban J connectivity index is 1.53. The van der Waals surface area contributed by atoms with E-state index in [-0.39, 0.29) is 24.1 Å². The molecule has 0 atom stereocenters. The van der Waals surface area contributed by atoms with Crippen molar-refractivity contribution in [1.29, 1.82) is 0 Å². The second-order valence-corrected chi connectivity index (χ2v) is 7.01. The van der Waals surface area contributed by atoms with E-state index in [9.17, 15) is 14.4 Å². The van der Waals surface area contributed by atoms with Crippen molar-refractivity contribution in [3.63, 3.8) is 0 Å². The molecule has 9 heteroatoms. The molecule has 0 bridgehead atoms. The molecule has 1 aliphatic heterocycles. The highest BCUT2D eigenvalue weighted by molar-refractivity contribution is 6.07. The summed E-state index contributed by atoms with van der Waals surface area (Å²) in [5.74, 6) is -0.193. The maximum absolute atomic E-state index is 13.0. The van der Waals surface area contributed by atoms with Crippen LogP contribution in [0.3, 0.4) is 0 Å². The number of amides is 2. The number of rotatable bonds is 3. The van der Waals surface area contributed by atoms with Gasteiger partial charge in [-0.2, -0.15) is 5.10 Å². The molecule has 2 aromatic heterocycles. The summed E-state index contributed by atoms with van der Waals surface area (Å²) in [6.45, 7) is 3.59. The van der Waals surface area contributed by atoms with Crippen molar-refractivity contribution in [2.75, 3.05) is 32.8 Å². The number of hydrogen-bond donors (Lipinski definition) is 0. The summed E-state index contributed by atoms with van der Waals surface area (Å²) < 4.78 is 8.04. The van der Waals surface area contributed by atoms with E-state index in [0.29, 0.717) is 38.3 Å². The average molecular weight is 397 g/mol. The summed E-state index contributed by atoms with van der Waals surface area (Å²) in [4.78, 5) is 40.7. The zero-order chi connectivity index (χ0) is 20.5. The minimum Gasteiger partial charge on any atom is -0.450 e. The van der Waals surface area contributed by atoms with Crippen LogP contribution < -0.4 is 5.56 Å². The number of fused-ring (bicyclic) bond motifs is 3. The van der Waals surface area contributed by atoms with E-state index in [4.69, 9.17) is 4.74 Å². The molecule has 0 radical (unpaired) electrons. The van der Waals surface area contributed by atoms with E-state index in [0.717, 1.165) is 16.3 Å². The van der Waals surface area contributed by atoms with Gasteiger partial charge in [-0.05, 0) is 13.0 Å². The van der Waals surface area contributed by atoms with E-state index in [2.05, 4.69) is 5.10 Å². The first kappa shape index (κ1) is 19.0. The second-order valence-electron chi connectivity index (χ2n) is 7.01. The number of carbonyl (C=O) groups is 2. The van der Waals surface area contributed by atoms with Crippen LogP contribution in [-0.2, 0) is 23.1 Å². The Hall–Kier alpha value is -3.36. The third-order valence-electron chi connectivity index (χ3n) is 5.35. The predicted octanol–water partition coefficient (Wildman–Crippen LogP) is 1.19. The van der Waals surface area contributed by atoms with Crippen molar-refractivity contribution < 1.29 is 14.3 Å². The molecule has 1 fully saturated rings. The Kier molecular flexibility index (Phi) is 4.96. The standard InChI is InChI=1S/C20H23N5O4/c1-3-29-20(28)24-10-8-23(9-11-24)17(26)13-25-19(27)18-15(12-21-25)14-6-4-5-7-16(14)22(18)2/h4-7,12H,3,8-11,13H2,1-2H3. The number of carbonyl (C=O) groups excluding carboxylic acids is 2. The van der Waals surface area contributed by atoms with Gasteiger partial charge in [0.2, 0.25) is 5.91 Å². The first-order chi connectivity index (χ1) is 14.0. The van der Waals surface area contributed by atoms with E-state index < -0.39 is 0 Å². The summed E-state index contributed by atoms with van der Waals surface area (Å²) in [7, 11) is 1.84. The van der Waals surface area contributed by atoms with Crippen LogP contribution in [0.15, 0.2) is 35.3 Å². The van der Waals surface area contributed by atoms with Gasteiger partial charge < -0.3 is 19.1 Å². The van der Waals surface area contributed by atoms with Gasteiger partial charge in [-0.1, -0.05) is 18.2 Å². The van der Waals surface area contributed by atoms with Crippen molar-refractivity contribution in [1.82, 2.24) is 24.1 Å². The molecule has 1 aromatic carbocycles. The van der Waals surface area contributed by atoms with Crippen molar-refractivity contribution in [3.05, 3.63) is 40.8 Å². The van der Waals surface area contributed by atoms with Crippen molar-refractivity contribution in [3.8, 4) is 0 Å². The zero-order valence-corrected chi connectivity index (χ0v) is 16.5. The Labute approximate surface area is 167 Å². The number of nitrogens with zero attached hydrogens (tertiary/aromatic N) is 5. The van der Waals surface area contributed by atoms with Crippen LogP contribution in [0.25, 0.3) is 21.8 Å². The lowest BCUT2D eigenvalue weighted by molar-refractivity contribution is -0.133.